The predicted octanol–water partition coefficient (Wildman–Crippen LogP) is 10.00. The van der Waals surface area contributed by atoms with Gasteiger partial charge in [0.1, 0.15) is 5.84 Å². The average Bonchev–Trinajstić information content (AvgIpc) is 3.78. The maximum atomic E-state index is 5.30. The molecule has 6 aromatic carbocycles. The first kappa shape index (κ1) is 32.0. The SMILES string of the molecule is C1=CC2c3cc4c(cc3N(c3nc(-c5ccccc5)nc(-c5ccccc5)n3)C2C=C1)c1ccccc1n4C1=NC(c2ccccc2)N=C(c2ccccc2)N1. The Kier molecular flexibility index (Phi) is 7.51. The highest BCUT2D eigenvalue weighted by Crippen LogP contribution is 2.50. The van der Waals surface area contributed by atoms with Crippen LogP contribution in [0.3, 0.4) is 0 Å². The van der Waals surface area contributed by atoms with Crippen LogP contribution in [-0.2, 0) is 0 Å². The Balaban J connectivity index is 1.12. The molecule has 56 heavy (non-hydrogen) atoms. The van der Waals surface area contributed by atoms with E-state index in [9.17, 15) is 0 Å². The molecule has 1 aliphatic carbocycles. The lowest BCUT2D eigenvalue weighted by molar-refractivity contribution is 0.728. The van der Waals surface area contributed by atoms with Crippen molar-refractivity contribution in [2.75, 3.05) is 4.90 Å². The second-order valence-corrected chi connectivity index (χ2v) is 14.2. The molecule has 2 aliphatic heterocycles. The number of nitrogens with zero attached hydrogens (tertiary/aromatic N) is 7. The Labute approximate surface area is 323 Å². The molecular weight excluding hydrogens is 689 g/mol. The molecule has 8 nitrogen and oxygen atoms in total. The molecule has 8 heteroatoms. The molecule has 0 saturated carbocycles. The molecule has 2 aromatic heterocycles. The summed E-state index contributed by atoms with van der Waals surface area (Å²) >= 11 is 0. The summed E-state index contributed by atoms with van der Waals surface area (Å²) in [7, 11) is 0. The zero-order valence-corrected chi connectivity index (χ0v) is 30.2. The third kappa shape index (κ3) is 5.33. The largest absolute Gasteiger partial charge is 0.310 e. The molecule has 0 fully saturated rings. The molecule has 4 heterocycles. The topological polar surface area (TPSA) is 83.6 Å². The van der Waals surface area contributed by atoms with E-state index < -0.39 is 6.17 Å². The third-order valence-electron chi connectivity index (χ3n) is 10.8. The third-order valence-corrected chi connectivity index (χ3v) is 10.8. The van der Waals surface area contributed by atoms with Crippen LogP contribution in [-0.4, -0.2) is 37.4 Å². The highest BCUT2D eigenvalue weighted by atomic mass is 15.3. The van der Waals surface area contributed by atoms with Crippen molar-refractivity contribution in [1.29, 1.82) is 0 Å². The van der Waals surface area contributed by atoms with Crippen molar-refractivity contribution in [3.63, 3.8) is 0 Å². The van der Waals surface area contributed by atoms with Gasteiger partial charge in [0.2, 0.25) is 11.9 Å². The number of benzene rings is 6. The lowest BCUT2D eigenvalue weighted by Gasteiger charge is -2.27. The molecular formula is C48H34N8. The van der Waals surface area contributed by atoms with Crippen LogP contribution < -0.4 is 10.2 Å². The second-order valence-electron chi connectivity index (χ2n) is 14.2. The van der Waals surface area contributed by atoms with Gasteiger partial charge in [-0.05, 0) is 29.3 Å². The van der Waals surface area contributed by atoms with Crippen molar-refractivity contribution in [2.45, 2.75) is 18.1 Å². The Morgan fingerprint density at radius 1 is 0.518 bits per heavy atom. The van der Waals surface area contributed by atoms with Crippen molar-refractivity contribution >= 4 is 45.2 Å². The molecule has 1 N–H and O–H groups in total. The number of amidine groups is 1. The molecule has 8 aromatic rings. The van der Waals surface area contributed by atoms with E-state index in [-0.39, 0.29) is 12.0 Å². The van der Waals surface area contributed by atoms with E-state index in [4.69, 9.17) is 24.9 Å². The highest BCUT2D eigenvalue weighted by molar-refractivity contribution is 6.19. The average molecular weight is 723 g/mol. The molecule has 266 valence electrons. The number of anilines is 2. The molecule has 11 rings (SSSR count). The van der Waals surface area contributed by atoms with Gasteiger partial charge in [-0.3, -0.25) is 4.57 Å². The number of hydrogen-bond acceptors (Lipinski definition) is 7. The van der Waals surface area contributed by atoms with Crippen molar-refractivity contribution < 1.29 is 0 Å². The van der Waals surface area contributed by atoms with Gasteiger partial charge in [-0.1, -0.05) is 164 Å². The van der Waals surface area contributed by atoms with Crippen LogP contribution in [0.1, 0.15) is 28.8 Å². The van der Waals surface area contributed by atoms with Gasteiger partial charge in [0, 0.05) is 39.1 Å². The fourth-order valence-electron chi connectivity index (χ4n) is 8.23. The normalized spacial score (nSPS) is 18.4. The molecule has 3 aliphatic rings. The number of para-hydroxylation sites is 1. The van der Waals surface area contributed by atoms with Crippen LogP contribution >= 0.6 is 0 Å². The summed E-state index contributed by atoms with van der Waals surface area (Å²) in [5.41, 5.74) is 8.30. The molecule has 0 bridgehead atoms. The van der Waals surface area contributed by atoms with Crippen LogP contribution in [0.2, 0.25) is 0 Å². The number of rotatable bonds is 5. The standard InChI is InChI=1S/C48H34N8/c1-5-17-31(18-6-1)43-49-44(32-19-7-2-8-20-32)52-47(51-43)55-39-27-15-13-25-35(39)37-30-42-38(29-41(37)55)36-26-14-16-28-40(36)56(42)48-53-45(33-21-9-3-10-22-33)50-46(54-48)34-23-11-4-12-24-34/h1-30,35,39,45H,(H,50,53,54). The van der Waals surface area contributed by atoms with E-state index in [0.29, 0.717) is 17.6 Å². The summed E-state index contributed by atoms with van der Waals surface area (Å²) in [6.45, 7) is 0. The Morgan fingerprint density at radius 3 is 1.82 bits per heavy atom. The highest BCUT2D eigenvalue weighted by Gasteiger charge is 2.40. The molecule has 0 saturated heterocycles. The van der Waals surface area contributed by atoms with Crippen LogP contribution in [0.25, 0.3) is 44.6 Å². The van der Waals surface area contributed by atoms with E-state index in [1.165, 1.54) is 5.56 Å². The summed E-state index contributed by atoms with van der Waals surface area (Å²) in [6.07, 6.45) is 8.41. The molecule has 0 amide bonds. The molecule has 0 radical (unpaired) electrons. The Bertz CT molecular complexity index is 2840. The fourth-order valence-corrected chi connectivity index (χ4v) is 8.23. The second kappa shape index (κ2) is 13.1. The van der Waals surface area contributed by atoms with E-state index >= 15 is 0 Å². The van der Waals surface area contributed by atoms with Crippen LogP contribution in [0.15, 0.2) is 192 Å². The predicted molar refractivity (Wildman–Crippen MR) is 225 cm³/mol. The summed E-state index contributed by atoms with van der Waals surface area (Å²) in [6, 6.07) is 54.1. The molecule has 3 atom stereocenters. The maximum Gasteiger partial charge on any atom is 0.234 e. The minimum atomic E-state index is -0.416. The van der Waals surface area contributed by atoms with E-state index in [1.807, 2.05) is 72.8 Å². The Hall–Kier alpha value is -7.45. The van der Waals surface area contributed by atoms with Gasteiger partial charge in [-0.15, -0.1) is 0 Å². The summed E-state index contributed by atoms with van der Waals surface area (Å²) in [5.74, 6) is 3.46. The summed E-state index contributed by atoms with van der Waals surface area (Å²) in [5, 5.41) is 5.90. The lowest BCUT2D eigenvalue weighted by atomic mass is 9.91. The smallest absolute Gasteiger partial charge is 0.234 e. The van der Waals surface area contributed by atoms with Crippen LogP contribution in [0.5, 0.6) is 0 Å². The van der Waals surface area contributed by atoms with Gasteiger partial charge in [-0.25, -0.2) is 15.0 Å². The first-order chi connectivity index (χ1) is 27.8. The van der Waals surface area contributed by atoms with Gasteiger partial charge in [-0.2, -0.15) is 9.97 Å². The van der Waals surface area contributed by atoms with Crippen LogP contribution in [0.4, 0.5) is 11.6 Å². The lowest BCUT2D eigenvalue weighted by Crippen LogP contribution is -2.39. The number of fused-ring (bicyclic) bond motifs is 6. The molecule has 3 unspecified atom stereocenters. The minimum absolute atomic E-state index is 0.0275. The summed E-state index contributed by atoms with van der Waals surface area (Å²) in [4.78, 5) is 28.1. The van der Waals surface area contributed by atoms with Crippen molar-refractivity contribution in [1.82, 2.24) is 24.8 Å². The Morgan fingerprint density at radius 2 is 1.12 bits per heavy atom. The van der Waals surface area contributed by atoms with Gasteiger partial charge < -0.3 is 10.2 Å². The number of aliphatic imine (C=N–C) groups is 2. The quantitative estimate of drug-likeness (QED) is 0.191. The fraction of sp³-hybridized carbons (Fsp3) is 0.0625. The number of nitrogens with one attached hydrogen (secondary N) is 1. The van der Waals surface area contributed by atoms with Crippen molar-refractivity contribution in [3.05, 3.63) is 199 Å². The zero-order valence-electron chi connectivity index (χ0n) is 30.2. The van der Waals surface area contributed by atoms with Crippen LogP contribution in [0, 0.1) is 0 Å². The van der Waals surface area contributed by atoms with E-state index in [0.717, 1.165) is 61.5 Å². The number of hydrogen-bond donors (Lipinski definition) is 1. The van der Waals surface area contributed by atoms with Crippen molar-refractivity contribution in [3.8, 4) is 22.8 Å². The maximum absolute atomic E-state index is 5.30. The number of aromatic nitrogens is 4. The van der Waals surface area contributed by atoms with Crippen molar-refractivity contribution in [2.24, 2.45) is 9.98 Å². The van der Waals surface area contributed by atoms with E-state index in [1.54, 1.807) is 0 Å². The zero-order chi connectivity index (χ0) is 37.0. The van der Waals surface area contributed by atoms with E-state index in [2.05, 4.69) is 124 Å². The van der Waals surface area contributed by atoms with Gasteiger partial charge in [0.25, 0.3) is 0 Å². The first-order valence-corrected chi connectivity index (χ1v) is 18.9. The minimum Gasteiger partial charge on any atom is -0.310 e. The first-order valence-electron chi connectivity index (χ1n) is 18.9. The number of allylic oxidation sites excluding steroid dienone is 2. The van der Waals surface area contributed by atoms with Gasteiger partial charge >= 0.3 is 0 Å². The van der Waals surface area contributed by atoms with Gasteiger partial charge in [0.05, 0.1) is 17.1 Å². The summed E-state index contributed by atoms with van der Waals surface area (Å²) < 4.78 is 2.27. The monoisotopic (exact) mass is 722 g/mol. The van der Waals surface area contributed by atoms with Gasteiger partial charge in [0.15, 0.2) is 17.8 Å². The molecule has 0 spiro atoms.